The molecule has 0 atom stereocenters. The van der Waals surface area contributed by atoms with E-state index in [9.17, 15) is 9.18 Å². The number of hydrogen-bond acceptors (Lipinski definition) is 3. The van der Waals surface area contributed by atoms with E-state index < -0.39 is 11.5 Å². The van der Waals surface area contributed by atoms with E-state index in [4.69, 9.17) is 5.26 Å². The second-order valence-electron chi connectivity index (χ2n) is 3.96. The second-order valence-corrected chi connectivity index (χ2v) is 3.96. The Kier molecular flexibility index (Phi) is 3.20. The lowest BCUT2D eigenvalue weighted by Crippen LogP contribution is -2.23. The Balaban J connectivity index is 2.43. The molecule has 0 amide bonds. The number of aromatic nitrogens is 2. The highest BCUT2D eigenvalue weighted by Crippen LogP contribution is 2.11. The summed E-state index contributed by atoms with van der Waals surface area (Å²) in [7, 11) is 0. The van der Waals surface area contributed by atoms with Crippen LogP contribution in [0.5, 0.6) is 0 Å². The number of benzene rings is 1. The zero-order valence-corrected chi connectivity index (χ0v) is 9.72. The van der Waals surface area contributed by atoms with E-state index in [0.717, 1.165) is 5.56 Å². The molecule has 0 unspecified atom stereocenters. The third-order valence-electron chi connectivity index (χ3n) is 2.50. The molecule has 0 spiro atoms. The highest BCUT2D eigenvalue weighted by atomic mass is 19.1. The molecule has 0 aliphatic heterocycles. The topological polar surface area (TPSA) is 58.7 Å². The molecule has 2 aromatic rings. The van der Waals surface area contributed by atoms with Crippen LogP contribution in [0, 0.1) is 24.1 Å². The molecular formula is C13H10FN3O. The Bertz CT molecular complexity index is 685. The Morgan fingerprint density at radius 2 is 2.28 bits per heavy atom. The zero-order valence-electron chi connectivity index (χ0n) is 9.72. The molecule has 90 valence electrons. The maximum Gasteiger partial charge on any atom is 0.347 e. The van der Waals surface area contributed by atoms with Gasteiger partial charge < -0.3 is 0 Å². The van der Waals surface area contributed by atoms with Gasteiger partial charge in [0.1, 0.15) is 5.82 Å². The van der Waals surface area contributed by atoms with Crippen LogP contribution in [-0.2, 0) is 6.54 Å². The lowest BCUT2D eigenvalue weighted by Gasteiger charge is -2.07. The van der Waals surface area contributed by atoms with Crippen molar-refractivity contribution in [2.45, 2.75) is 13.5 Å². The lowest BCUT2D eigenvalue weighted by molar-refractivity contribution is 0.592. The molecule has 1 heterocycles. The summed E-state index contributed by atoms with van der Waals surface area (Å²) >= 11 is 0. The molecule has 1 aromatic heterocycles. The van der Waals surface area contributed by atoms with E-state index in [1.54, 1.807) is 13.1 Å². The van der Waals surface area contributed by atoms with Gasteiger partial charge in [-0.2, -0.15) is 5.26 Å². The molecule has 4 nitrogen and oxygen atoms in total. The molecule has 0 N–H and O–H groups in total. The molecule has 0 aliphatic rings. The summed E-state index contributed by atoms with van der Waals surface area (Å²) in [6.07, 6.45) is 3.06. The lowest BCUT2D eigenvalue weighted by atomic mass is 10.1. The Morgan fingerprint density at radius 1 is 1.50 bits per heavy atom. The number of rotatable bonds is 2. The van der Waals surface area contributed by atoms with Gasteiger partial charge in [-0.05, 0) is 30.7 Å². The summed E-state index contributed by atoms with van der Waals surface area (Å²) in [5.74, 6) is -0.442. The SMILES string of the molecule is Cc1cnc(=O)n(Cc2cc(C#N)ccc2F)c1. The van der Waals surface area contributed by atoms with Gasteiger partial charge in [0, 0.05) is 18.0 Å². The van der Waals surface area contributed by atoms with Crippen LogP contribution in [-0.4, -0.2) is 9.55 Å². The average molecular weight is 243 g/mol. The standard InChI is InChI=1S/C13H10FN3O/c1-9-6-16-13(18)17(7-9)8-11-4-10(5-15)2-3-12(11)14/h2-4,6-7H,8H2,1H3. The normalized spacial score (nSPS) is 10.1. The minimum atomic E-state index is -0.442. The summed E-state index contributed by atoms with van der Waals surface area (Å²) < 4.78 is 14.9. The fourth-order valence-corrected chi connectivity index (χ4v) is 1.63. The molecule has 0 radical (unpaired) electrons. The number of nitriles is 1. The minimum Gasteiger partial charge on any atom is -0.294 e. The number of nitrogens with zero attached hydrogens (tertiary/aromatic N) is 3. The molecule has 0 fully saturated rings. The third-order valence-corrected chi connectivity index (χ3v) is 2.50. The fourth-order valence-electron chi connectivity index (χ4n) is 1.63. The van der Waals surface area contributed by atoms with Crippen LogP contribution in [0.3, 0.4) is 0 Å². The molecule has 2 rings (SSSR count). The van der Waals surface area contributed by atoms with Crippen LogP contribution in [0.2, 0.25) is 0 Å². The van der Waals surface area contributed by atoms with Gasteiger partial charge in [0.15, 0.2) is 0 Å². The maximum atomic E-state index is 13.6. The smallest absolute Gasteiger partial charge is 0.294 e. The predicted molar refractivity (Wildman–Crippen MR) is 63.5 cm³/mol. The Morgan fingerprint density at radius 3 is 3.00 bits per heavy atom. The molecule has 0 aliphatic carbocycles. The minimum absolute atomic E-state index is 0.0644. The van der Waals surface area contributed by atoms with Gasteiger partial charge in [-0.1, -0.05) is 0 Å². The van der Waals surface area contributed by atoms with Crippen LogP contribution in [0.4, 0.5) is 4.39 Å². The maximum absolute atomic E-state index is 13.6. The number of aryl methyl sites for hydroxylation is 1. The van der Waals surface area contributed by atoms with Gasteiger partial charge in [-0.3, -0.25) is 4.57 Å². The first-order chi connectivity index (χ1) is 8.60. The van der Waals surface area contributed by atoms with E-state index in [1.807, 2.05) is 6.07 Å². The van der Waals surface area contributed by atoms with Crippen molar-refractivity contribution in [2.75, 3.05) is 0 Å². The Labute approximate surface area is 103 Å². The summed E-state index contributed by atoms with van der Waals surface area (Å²) in [4.78, 5) is 15.2. The van der Waals surface area contributed by atoms with Gasteiger partial charge in [0.05, 0.1) is 18.2 Å². The highest BCUT2D eigenvalue weighted by Gasteiger charge is 2.06. The first kappa shape index (κ1) is 12.0. The predicted octanol–water partition coefficient (Wildman–Crippen LogP) is 1.61. The molecule has 18 heavy (non-hydrogen) atoms. The summed E-state index contributed by atoms with van der Waals surface area (Å²) in [6, 6.07) is 5.99. The van der Waals surface area contributed by atoms with Crippen LogP contribution < -0.4 is 5.69 Å². The van der Waals surface area contributed by atoms with E-state index in [-0.39, 0.29) is 6.54 Å². The molecule has 1 aromatic carbocycles. The van der Waals surface area contributed by atoms with Gasteiger partial charge >= 0.3 is 5.69 Å². The third kappa shape index (κ3) is 2.43. The summed E-state index contributed by atoms with van der Waals surface area (Å²) in [5, 5.41) is 8.76. The van der Waals surface area contributed by atoms with Gasteiger partial charge in [-0.15, -0.1) is 0 Å². The molecule has 5 heteroatoms. The highest BCUT2D eigenvalue weighted by molar-refractivity contribution is 5.33. The molecule has 0 saturated heterocycles. The fraction of sp³-hybridized carbons (Fsp3) is 0.154. The number of hydrogen-bond donors (Lipinski definition) is 0. The Hall–Kier alpha value is -2.48. The van der Waals surface area contributed by atoms with Crippen LogP contribution in [0.15, 0.2) is 35.4 Å². The van der Waals surface area contributed by atoms with Crippen LogP contribution in [0.1, 0.15) is 16.7 Å². The van der Waals surface area contributed by atoms with Crippen molar-refractivity contribution in [3.8, 4) is 6.07 Å². The average Bonchev–Trinajstić information content (AvgIpc) is 2.36. The first-order valence-electron chi connectivity index (χ1n) is 5.32. The largest absolute Gasteiger partial charge is 0.347 e. The molecular weight excluding hydrogens is 233 g/mol. The van der Waals surface area contributed by atoms with Crippen molar-refractivity contribution in [1.82, 2.24) is 9.55 Å². The van der Waals surface area contributed by atoms with Crippen molar-refractivity contribution in [3.63, 3.8) is 0 Å². The van der Waals surface area contributed by atoms with Crippen molar-refractivity contribution in [2.24, 2.45) is 0 Å². The van der Waals surface area contributed by atoms with Gasteiger partial charge in [0.25, 0.3) is 0 Å². The monoisotopic (exact) mass is 243 g/mol. The zero-order chi connectivity index (χ0) is 13.1. The molecule has 0 bridgehead atoms. The van der Waals surface area contributed by atoms with E-state index in [0.29, 0.717) is 11.1 Å². The van der Waals surface area contributed by atoms with Crippen molar-refractivity contribution >= 4 is 0 Å². The van der Waals surface area contributed by atoms with Crippen LogP contribution >= 0.6 is 0 Å². The van der Waals surface area contributed by atoms with E-state index >= 15 is 0 Å². The van der Waals surface area contributed by atoms with Crippen molar-refractivity contribution in [1.29, 1.82) is 5.26 Å². The quantitative estimate of drug-likeness (QED) is 0.805. The van der Waals surface area contributed by atoms with Crippen LogP contribution in [0.25, 0.3) is 0 Å². The van der Waals surface area contributed by atoms with Crippen molar-refractivity contribution < 1.29 is 4.39 Å². The summed E-state index contributed by atoms with van der Waals surface area (Å²) in [6.45, 7) is 1.86. The first-order valence-corrected chi connectivity index (χ1v) is 5.32. The van der Waals surface area contributed by atoms with E-state index in [2.05, 4.69) is 4.98 Å². The summed E-state index contributed by atoms with van der Waals surface area (Å²) in [5.41, 5.74) is 1.03. The molecule has 0 saturated carbocycles. The van der Waals surface area contributed by atoms with Gasteiger partial charge in [-0.25, -0.2) is 14.2 Å². The van der Waals surface area contributed by atoms with Crippen molar-refractivity contribution in [3.05, 3.63) is 63.6 Å². The van der Waals surface area contributed by atoms with Gasteiger partial charge in [0.2, 0.25) is 0 Å². The second kappa shape index (κ2) is 4.80. The van der Waals surface area contributed by atoms with E-state index in [1.165, 1.54) is 29.0 Å². The number of halogens is 1.